The molecule has 1 heterocycles. The van der Waals surface area contributed by atoms with E-state index in [0.717, 1.165) is 30.6 Å². The number of anilines is 1. The van der Waals surface area contributed by atoms with E-state index in [-0.39, 0.29) is 11.8 Å². The first kappa shape index (κ1) is 11.6. The Bertz CT molecular complexity index is 507. The summed E-state index contributed by atoms with van der Waals surface area (Å²) in [5.74, 6) is -1.16. The monoisotopic (exact) mass is 266 g/mol. The molecule has 0 unspecified atom stereocenters. The van der Waals surface area contributed by atoms with E-state index in [1.165, 1.54) is 11.3 Å². The number of carbonyl (C=O) groups excluding carboxylic acids is 1. The Morgan fingerprint density at radius 2 is 2.11 bits per heavy atom. The molecule has 18 heavy (non-hydrogen) atoms. The molecular weight excluding hydrogens is 252 g/mol. The van der Waals surface area contributed by atoms with Gasteiger partial charge in [-0.25, -0.2) is 4.98 Å². The molecule has 1 aromatic heterocycles. The number of carboxylic acid groups (broad SMARTS) is 1. The van der Waals surface area contributed by atoms with E-state index in [1.807, 2.05) is 0 Å². The highest BCUT2D eigenvalue weighted by molar-refractivity contribution is 7.15. The van der Waals surface area contributed by atoms with Crippen molar-refractivity contribution in [3.63, 3.8) is 0 Å². The molecule has 3 rings (SSSR count). The van der Waals surface area contributed by atoms with Crippen molar-refractivity contribution in [2.45, 2.75) is 38.0 Å². The number of thiazole rings is 1. The van der Waals surface area contributed by atoms with Gasteiger partial charge in [0.05, 0.1) is 5.69 Å². The highest BCUT2D eigenvalue weighted by Crippen LogP contribution is 2.37. The van der Waals surface area contributed by atoms with E-state index < -0.39 is 11.9 Å². The Morgan fingerprint density at radius 3 is 2.78 bits per heavy atom. The minimum atomic E-state index is -0.818. The molecule has 0 radical (unpaired) electrons. The predicted molar refractivity (Wildman–Crippen MR) is 66.8 cm³/mol. The summed E-state index contributed by atoms with van der Waals surface area (Å²) in [4.78, 5) is 28.1. The van der Waals surface area contributed by atoms with Gasteiger partial charge in [0.1, 0.15) is 5.92 Å². The quantitative estimate of drug-likeness (QED) is 0.877. The molecule has 2 aliphatic carbocycles. The summed E-state index contributed by atoms with van der Waals surface area (Å²) in [5, 5.41) is 12.5. The maximum atomic E-state index is 11.6. The molecule has 0 saturated heterocycles. The standard InChI is InChI=1S/C12H14N2O3S/c15-10(6-4-5-6)14-12-13-9-7(11(16)17)2-1-3-8(9)18-12/h6-7H,1-5H2,(H,16,17)(H,13,14,15)/t7-/m1/s1. The number of hydrogen-bond acceptors (Lipinski definition) is 4. The molecule has 1 amide bonds. The number of hydrogen-bond donors (Lipinski definition) is 2. The summed E-state index contributed by atoms with van der Waals surface area (Å²) in [6, 6.07) is 0. The average molecular weight is 266 g/mol. The number of aliphatic carboxylic acids is 1. The van der Waals surface area contributed by atoms with Gasteiger partial charge in [-0.2, -0.15) is 0 Å². The van der Waals surface area contributed by atoms with Gasteiger partial charge in [-0.05, 0) is 32.1 Å². The van der Waals surface area contributed by atoms with Gasteiger partial charge in [-0.15, -0.1) is 11.3 Å². The fraction of sp³-hybridized carbons (Fsp3) is 0.583. The van der Waals surface area contributed by atoms with Crippen molar-refractivity contribution in [3.05, 3.63) is 10.6 Å². The van der Waals surface area contributed by atoms with Gasteiger partial charge in [0.25, 0.3) is 0 Å². The molecule has 1 fully saturated rings. The van der Waals surface area contributed by atoms with Crippen molar-refractivity contribution in [2.75, 3.05) is 5.32 Å². The molecule has 0 aliphatic heterocycles. The van der Waals surface area contributed by atoms with Gasteiger partial charge in [0.2, 0.25) is 5.91 Å². The maximum Gasteiger partial charge on any atom is 0.312 e. The van der Waals surface area contributed by atoms with Gasteiger partial charge < -0.3 is 10.4 Å². The van der Waals surface area contributed by atoms with Crippen LogP contribution in [0.1, 0.15) is 42.2 Å². The SMILES string of the molecule is O=C(Nc1nc2c(s1)CCC[C@H]2C(=O)O)C1CC1. The number of rotatable bonds is 3. The molecular formula is C12H14N2O3S. The highest BCUT2D eigenvalue weighted by Gasteiger charge is 2.33. The van der Waals surface area contributed by atoms with E-state index in [2.05, 4.69) is 10.3 Å². The number of aryl methyl sites for hydroxylation is 1. The summed E-state index contributed by atoms with van der Waals surface area (Å²) in [5.41, 5.74) is 0.657. The maximum absolute atomic E-state index is 11.6. The molecule has 1 saturated carbocycles. The van der Waals surface area contributed by atoms with Crippen molar-refractivity contribution in [3.8, 4) is 0 Å². The van der Waals surface area contributed by atoms with Crippen LogP contribution in [0.3, 0.4) is 0 Å². The first-order valence-electron chi connectivity index (χ1n) is 6.18. The molecule has 1 atom stereocenters. The van der Waals surface area contributed by atoms with E-state index in [4.69, 9.17) is 5.11 Å². The van der Waals surface area contributed by atoms with E-state index in [0.29, 0.717) is 17.2 Å². The zero-order valence-electron chi connectivity index (χ0n) is 9.81. The fourth-order valence-electron chi connectivity index (χ4n) is 2.27. The zero-order chi connectivity index (χ0) is 12.7. The van der Waals surface area contributed by atoms with Gasteiger partial charge in [0.15, 0.2) is 5.13 Å². The summed E-state index contributed by atoms with van der Waals surface area (Å²) >= 11 is 1.42. The Morgan fingerprint density at radius 1 is 1.33 bits per heavy atom. The first-order valence-corrected chi connectivity index (χ1v) is 7.00. The van der Waals surface area contributed by atoms with Gasteiger partial charge in [-0.3, -0.25) is 9.59 Å². The van der Waals surface area contributed by atoms with Crippen LogP contribution in [0.5, 0.6) is 0 Å². The first-order chi connectivity index (χ1) is 8.65. The second-order valence-electron chi connectivity index (χ2n) is 4.87. The second-order valence-corrected chi connectivity index (χ2v) is 5.96. The number of nitrogens with zero attached hydrogens (tertiary/aromatic N) is 1. The molecule has 0 aromatic carbocycles. The molecule has 1 aromatic rings. The van der Waals surface area contributed by atoms with Crippen molar-refractivity contribution in [2.24, 2.45) is 5.92 Å². The normalized spacial score (nSPS) is 22.3. The minimum absolute atomic E-state index is 0.0213. The van der Waals surface area contributed by atoms with Crippen molar-refractivity contribution >= 4 is 28.3 Å². The largest absolute Gasteiger partial charge is 0.481 e. The topological polar surface area (TPSA) is 79.3 Å². The van der Waals surface area contributed by atoms with Crippen molar-refractivity contribution in [1.29, 1.82) is 0 Å². The van der Waals surface area contributed by atoms with Crippen molar-refractivity contribution < 1.29 is 14.7 Å². The molecule has 96 valence electrons. The Hall–Kier alpha value is -1.43. The molecule has 5 nitrogen and oxygen atoms in total. The Labute approximate surface area is 108 Å². The molecule has 0 bridgehead atoms. The van der Waals surface area contributed by atoms with Gasteiger partial charge >= 0.3 is 5.97 Å². The summed E-state index contributed by atoms with van der Waals surface area (Å²) < 4.78 is 0. The van der Waals surface area contributed by atoms with Crippen LogP contribution in [0.15, 0.2) is 0 Å². The van der Waals surface area contributed by atoms with Crippen LogP contribution < -0.4 is 5.32 Å². The van der Waals surface area contributed by atoms with E-state index >= 15 is 0 Å². The van der Waals surface area contributed by atoms with E-state index in [9.17, 15) is 9.59 Å². The van der Waals surface area contributed by atoms with Crippen LogP contribution in [0.4, 0.5) is 5.13 Å². The van der Waals surface area contributed by atoms with Crippen LogP contribution in [0.25, 0.3) is 0 Å². The lowest BCUT2D eigenvalue weighted by atomic mass is 9.91. The van der Waals surface area contributed by atoms with Crippen LogP contribution in [-0.4, -0.2) is 22.0 Å². The third kappa shape index (κ3) is 2.12. The minimum Gasteiger partial charge on any atom is -0.481 e. The zero-order valence-corrected chi connectivity index (χ0v) is 10.6. The average Bonchev–Trinajstić information content (AvgIpc) is 3.09. The summed E-state index contributed by atoms with van der Waals surface area (Å²) in [6.45, 7) is 0. The number of nitrogens with one attached hydrogen (secondary N) is 1. The smallest absolute Gasteiger partial charge is 0.312 e. The number of aromatic nitrogens is 1. The molecule has 0 spiro atoms. The Balaban J connectivity index is 1.81. The molecule has 2 aliphatic rings. The lowest BCUT2D eigenvalue weighted by Gasteiger charge is -2.16. The third-order valence-electron chi connectivity index (χ3n) is 3.43. The number of amides is 1. The number of fused-ring (bicyclic) bond motifs is 1. The molecule has 6 heteroatoms. The fourth-order valence-corrected chi connectivity index (χ4v) is 3.33. The van der Waals surface area contributed by atoms with Crippen LogP contribution >= 0.6 is 11.3 Å². The summed E-state index contributed by atoms with van der Waals surface area (Å²) in [7, 11) is 0. The number of carboxylic acids is 1. The van der Waals surface area contributed by atoms with E-state index in [1.54, 1.807) is 0 Å². The van der Waals surface area contributed by atoms with Crippen LogP contribution in [0.2, 0.25) is 0 Å². The second kappa shape index (κ2) is 4.35. The van der Waals surface area contributed by atoms with Crippen molar-refractivity contribution in [1.82, 2.24) is 4.98 Å². The lowest BCUT2D eigenvalue weighted by molar-refractivity contribution is -0.139. The Kier molecular flexibility index (Phi) is 2.81. The predicted octanol–water partition coefficient (Wildman–Crippen LogP) is 2.00. The molecule has 2 N–H and O–H groups in total. The summed E-state index contributed by atoms with van der Waals surface area (Å²) in [6.07, 6.45) is 4.30. The van der Waals surface area contributed by atoms with Gasteiger partial charge in [0, 0.05) is 10.8 Å². The van der Waals surface area contributed by atoms with Crippen LogP contribution in [0, 0.1) is 5.92 Å². The highest BCUT2D eigenvalue weighted by atomic mass is 32.1. The number of carbonyl (C=O) groups is 2. The lowest BCUT2D eigenvalue weighted by Crippen LogP contribution is -2.17. The van der Waals surface area contributed by atoms with Gasteiger partial charge in [-0.1, -0.05) is 0 Å². The van der Waals surface area contributed by atoms with Crippen LogP contribution in [-0.2, 0) is 16.0 Å². The third-order valence-corrected chi connectivity index (χ3v) is 4.48.